The SMILES string of the molecule is CCN(CC1CCC2(CCCC2)O1)C1CCNCC1. The second kappa shape index (κ2) is 6.11. The van der Waals surface area contributed by atoms with E-state index < -0.39 is 0 Å². The van der Waals surface area contributed by atoms with Crippen LogP contribution in [-0.4, -0.2) is 48.8 Å². The lowest BCUT2D eigenvalue weighted by Crippen LogP contribution is -2.46. The first-order chi connectivity index (χ1) is 9.31. The molecule has 0 aromatic carbocycles. The average Bonchev–Trinajstić information content (AvgIpc) is 3.08. The van der Waals surface area contributed by atoms with E-state index in [2.05, 4.69) is 17.1 Å². The van der Waals surface area contributed by atoms with Crippen LogP contribution in [0, 0.1) is 0 Å². The molecule has 3 rings (SSSR count). The lowest BCUT2D eigenvalue weighted by Gasteiger charge is -2.35. The summed E-state index contributed by atoms with van der Waals surface area (Å²) >= 11 is 0. The number of piperidine rings is 1. The van der Waals surface area contributed by atoms with Crippen molar-refractivity contribution in [1.29, 1.82) is 0 Å². The van der Waals surface area contributed by atoms with Crippen molar-refractivity contribution >= 4 is 0 Å². The molecule has 19 heavy (non-hydrogen) atoms. The second-order valence-electron chi connectivity index (χ2n) is 6.74. The topological polar surface area (TPSA) is 24.5 Å². The van der Waals surface area contributed by atoms with Crippen molar-refractivity contribution < 1.29 is 4.74 Å². The van der Waals surface area contributed by atoms with Gasteiger partial charge in [-0.2, -0.15) is 0 Å². The maximum Gasteiger partial charge on any atom is 0.0710 e. The summed E-state index contributed by atoms with van der Waals surface area (Å²) in [7, 11) is 0. The fourth-order valence-corrected chi connectivity index (χ4v) is 4.38. The fraction of sp³-hybridized carbons (Fsp3) is 1.00. The molecule has 0 aromatic heterocycles. The van der Waals surface area contributed by atoms with Gasteiger partial charge in [0.1, 0.15) is 0 Å². The maximum atomic E-state index is 6.48. The largest absolute Gasteiger partial charge is 0.370 e. The van der Waals surface area contributed by atoms with Gasteiger partial charge in [-0.15, -0.1) is 0 Å². The Morgan fingerprint density at radius 1 is 1.11 bits per heavy atom. The number of nitrogens with zero attached hydrogens (tertiary/aromatic N) is 1. The van der Waals surface area contributed by atoms with Gasteiger partial charge in [0.05, 0.1) is 11.7 Å². The molecule has 2 heterocycles. The van der Waals surface area contributed by atoms with Crippen LogP contribution in [0.15, 0.2) is 0 Å². The van der Waals surface area contributed by atoms with Crippen molar-refractivity contribution in [3.63, 3.8) is 0 Å². The molecule has 0 radical (unpaired) electrons. The Morgan fingerprint density at radius 2 is 1.84 bits per heavy atom. The molecule has 1 unspecified atom stereocenters. The highest BCUT2D eigenvalue weighted by atomic mass is 16.5. The molecule has 1 saturated carbocycles. The zero-order valence-electron chi connectivity index (χ0n) is 12.5. The molecule has 1 atom stereocenters. The first-order valence-electron chi connectivity index (χ1n) is 8.44. The first kappa shape index (κ1) is 13.8. The summed E-state index contributed by atoms with van der Waals surface area (Å²) in [5, 5.41) is 3.47. The van der Waals surface area contributed by atoms with E-state index in [9.17, 15) is 0 Å². The number of likely N-dealkylation sites (N-methyl/N-ethyl adjacent to an activating group) is 1. The molecular formula is C16H30N2O. The zero-order chi connectivity index (χ0) is 13.1. The predicted octanol–water partition coefficient (Wildman–Crippen LogP) is 2.55. The Bertz CT molecular complexity index is 282. The molecule has 0 aromatic rings. The molecule has 2 saturated heterocycles. The van der Waals surface area contributed by atoms with Gasteiger partial charge in [-0.25, -0.2) is 0 Å². The fourth-order valence-electron chi connectivity index (χ4n) is 4.38. The third-order valence-electron chi connectivity index (χ3n) is 5.52. The van der Waals surface area contributed by atoms with E-state index in [1.54, 1.807) is 0 Å². The Balaban J connectivity index is 1.52. The lowest BCUT2D eigenvalue weighted by molar-refractivity contribution is -0.0520. The summed E-state index contributed by atoms with van der Waals surface area (Å²) in [5.41, 5.74) is 0.304. The number of rotatable bonds is 4. The highest BCUT2D eigenvalue weighted by Crippen LogP contribution is 2.43. The van der Waals surface area contributed by atoms with Crippen LogP contribution < -0.4 is 5.32 Å². The minimum atomic E-state index is 0.304. The summed E-state index contributed by atoms with van der Waals surface area (Å²) in [6.45, 7) is 7.04. The van der Waals surface area contributed by atoms with Crippen LogP contribution in [0.3, 0.4) is 0 Å². The molecule has 0 amide bonds. The van der Waals surface area contributed by atoms with Crippen molar-refractivity contribution in [3.05, 3.63) is 0 Å². The highest BCUT2D eigenvalue weighted by Gasteiger charge is 2.42. The minimum Gasteiger partial charge on any atom is -0.370 e. The van der Waals surface area contributed by atoms with Gasteiger partial charge < -0.3 is 10.1 Å². The van der Waals surface area contributed by atoms with E-state index in [0.717, 1.165) is 6.04 Å². The number of hydrogen-bond donors (Lipinski definition) is 1. The Morgan fingerprint density at radius 3 is 2.53 bits per heavy atom. The average molecular weight is 266 g/mol. The van der Waals surface area contributed by atoms with E-state index >= 15 is 0 Å². The molecule has 3 nitrogen and oxygen atoms in total. The monoisotopic (exact) mass is 266 g/mol. The number of hydrogen-bond acceptors (Lipinski definition) is 3. The number of nitrogens with one attached hydrogen (secondary N) is 1. The molecular weight excluding hydrogens is 236 g/mol. The van der Waals surface area contributed by atoms with Crippen LogP contribution in [0.1, 0.15) is 58.3 Å². The van der Waals surface area contributed by atoms with Crippen LogP contribution in [0.25, 0.3) is 0 Å². The first-order valence-corrected chi connectivity index (χ1v) is 8.44. The molecule has 1 N–H and O–H groups in total. The molecule has 3 heteroatoms. The van der Waals surface area contributed by atoms with Crippen LogP contribution >= 0.6 is 0 Å². The van der Waals surface area contributed by atoms with Crippen molar-refractivity contribution in [2.45, 2.75) is 76.0 Å². The van der Waals surface area contributed by atoms with E-state index in [4.69, 9.17) is 4.74 Å². The van der Waals surface area contributed by atoms with Crippen LogP contribution in [0.5, 0.6) is 0 Å². The minimum absolute atomic E-state index is 0.304. The Kier molecular flexibility index (Phi) is 4.45. The maximum absolute atomic E-state index is 6.48. The molecule has 0 bridgehead atoms. The smallest absolute Gasteiger partial charge is 0.0710 e. The Hall–Kier alpha value is -0.120. The standard InChI is InChI=1S/C16H30N2O/c1-2-18(14-6-11-17-12-7-14)13-15-5-10-16(19-15)8-3-4-9-16/h14-15,17H,2-13H2,1H3. The van der Waals surface area contributed by atoms with Gasteiger partial charge in [-0.3, -0.25) is 4.90 Å². The van der Waals surface area contributed by atoms with Crippen LogP contribution in [-0.2, 0) is 4.74 Å². The van der Waals surface area contributed by atoms with Crippen LogP contribution in [0.2, 0.25) is 0 Å². The van der Waals surface area contributed by atoms with Gasteiger partial charge in [0.25, 0.3) is 0 Å². The van der Waals surface area contributed by atoms with Crippen LogP contribution in [0.4, 0.5) is 0 Å². The van der Waals surface area contributed by atoms with Gasteiger partial charge in [0, 0.05) is 12.6 Å². The van der Waals surface area contributed by atoms with Crippen molar-refractivity contribution in [2.75, 3.05) is 26.2 Å². The van der Waals surface area contributed by atoms with E-state index in [1.165, 1.54) is 77.5 Å². The molecule has 2 aliphatic heterocycles. The summed E-state index contributed by atoms with van der Waals surface area (Å²) < 4.78 is 6.48. The summed E-state index contributed by atoms with van der Waals surface area (Å²) in [6.07, 6.45) is 11.2. The van der Waals surface area contributed by atoms with E-state index in [1.807, 2.05) is 0 Å². The van der Waals surface area contributed by atoms with E-state index in [-0.39, 0.29) is 0 Å². The highest BCUT2D eigenvalue weighted by molar-refractivity contribution is 4.94. The van der Waals surface area contributed by atoms with Gasteiger partial charge in [0.2, 0.25) is 0 Å². The quantitative estimate of drug-likeness (QED) is 0.846. The second-order valence-corrected chi connectivity index (χ2v) is 6.74. The van der Waals surface area contributed by atoms with Crippen molar-refractivity contribution in [3.8, 4) is 0 Å². The molecule has 1 spiro atoms. The normalized spacial score (nSPS) is 31.6. The summed E-state index contributed by atoms with van der Waals surface area (Å²) in [6, 6.07) is 0.787. The predicted molar refractivity (Wildman–Crippen MR) is 78.4 cm³/mol. The Labute approximate surface area is 118 Å². The molecule has 1 aliphatic carbocycles. The van der Waals surface area contributed by atoms with Gasteiger partial charge in [-0.05, 0) is 58.2 Å². The van der Waals surface area contributed by atoms with E-state index in [0.29, 0.717) is 11.7 Å². The van der Waals surface area contributed by atoms with Crippen molar-refractivity contribution in [1.82, 2.24) is 10.2 Å². The third-order valence-corrected chi connectivity index (χ3v) is 5.52. The van der Waals surface area contributed by atoms with Gasteiger partial charge in [0.15, 0.2) is 0 Å². The van der Waals surface area contributed by atoms with Gasteiger partial charge >= 0.3 is 0 Å². The van der Waals surface area contributed by atoms with Gasteiger partial charge in [-0.1, -0.05) is 19.8 Å². The summed E-state index contributed by atoms with van der Waals surface area (Å²) in [4.78, 5) is 2.68. The molecule has 3 fully saturated rings. The zero-order valence-corrected chi connectivity index (χ0v) is 12.5. The lowest BCUT2D eigenvalue weighted by atomic mass is 9.98. The molecule has 110 valence electrons. The third kappa shape index (κ3) is 3.14. The van der Waals surface area contributed by atoms with Crippen molar-refractivity contribution in [2.24, 2.45) is 0 Å². The number of ether oxygens (including phenoxy) is 1. The molecule has 3 aliphatic rings. The summed E-state index contributed by atoms with van der Waals surface area (Å²) in [5.74, 6) is 0.